The zero-order valence-corrected chi connectivity index (χ0v) is 18.1. The van der Waals surface area contributed by atoms with Crippen LogP contribution in [0.2, 0.25) is 0 Å². The summed E-state index contributed by atoms with van der Waals surface area (Å²) in [6, 6.07) is 20.0. The first-order valence-corrected chi connectivity index (χ1v) is 10.6. The summed E-state index contributed by atoms with van der Waals surface area (Å²) in [6.45, 7) is 2.00. The Morgan fingerprint density at radius 3 is 2.52 bits per heavy atom. The molecule has 0 spiro atoms. The number of fused-ring (bicyclic) bond motifs is 2. The fraction of sp³-hybridized carbons (Fsp3) is 0.120. The van der Waals surface area contributed by atoms with Crippen molar-refractivity contribution in [2.75, 3.05) is 5.32 Å². The van der Waals surface area contributed by atoms with Crippen molar-refractivity contribution in [2.45, 2.75) is 13.5 Å². The quantitative estimate of drug-likeness (QED) is 0.447. The number of aromatic amines is 1. The van der Waals surface area contributed by atoms with Gasteiger partial charge in [-0.25, -0.2) is 9.78 Å². The number of hydrogen-bond acceptors (Lipinski definition) is 4. The predicted molar refractivity (Wildman–Crippen MR) is 129 cm³/mol. The van der Waals surface area contributed by atoms with Crippen molar-refractivity contribution < 1.29 is 4.79 Å². The molecule has 0 unspecified atom stereocenters. The van der Waals surface area contributed by atoms with E-state index in [1.165, 1.54) is 6.07 Å². The summed E-state index contributed by atoms with van der Waals surface area (Å²) in [5.74, 6) is 0.498. The maximum atomic E-state index is 12.8. The lowest BCUT2D eigenvalue weighted by molar-refractivity contribution is 0.102. The van der Waals surface area contributed by atoms with Crippen LogP contribution in [0.15, 0.2) is 76.3 Å². The largest absolute Gasteiger partial charge is 0.328 e. The third kappa shape index (κ3) is 3.51. The van der Waals surface area contributed by atoms with Crippen molar-refractivity contribution in [2.24, 2.45) is 7.05 Å². The van der Waals surface area contributed by atoms with Crippen LogP contribution in [0.5, 0.6) is 0 Å². The second-order valence-electron chi connectivity index (χ2n) is 7.75. The van der Waals surface area contributed by atoms with Crippen LogP contribution in [0.4, 0.5) is 5.69 Å². The maximum absolute atomic E-state index is 12.8. The summed E-state index contributed by atoms with van der Waals surface area (Å²) in [5.41, 5.74) is 3.33. The lowest BCUT2D eigenvalue weighted by Gasteiger charge is -2.08. The van der Waals surface area contributed by atoms with Crippen LogP contribution in [0.3, 0.4) is 0 Å². The van der Waals surface area contributed by atoms with Crippen LogP contribution in [-0.2, 0) is 13.6 Å². The molecular formula is C25H21N5O3. The van der Waals surface area contributed by atoms with Gasteiger partial charge in [-0.3, -0.25) is 14.2 Å². The number of aromatic nitrogens is 4. The lowest BCUT2D eigenvalue weighted by Crippen LogP contribution is -2.34. The van der Waals surface area contributed by atoms with Crippen LogP contribution in [0.1, 0.15) is 17.3 Å². The Balaban J connectivity index is 1.41. The molecule has 0 radical (unpaired) electrons. The number of carbonyl (C=O) groups is 1. The summed E-state index contributed by atoms with van der Waals surface area (Å²) in [4.78, 5) is 44.6. The molecule has 33 heavy (non-hydrogen) atoms. The van der Waals surface area contributed by atoms with Gasteiger partial charge >= 0.3 is 5.69 Å². The van der Waals surface area contributed by atoms with Gasteiger partial charge in [-0.1, -0.05) is 12.1 Å². The highest BCUT2D eigenvalue weighted by molar-refractivity contribution is 6.06. The van der Waals surface area contributed by atoms with Crippen molar-refractivity contribution in [3.63, 3.8) is 0 Å². The summed E-state index contributed by atoms with van der Waals surface area (Å²) in [6.07, 6.45) is 0. The van der Waals surface area contributed by atoms with Crippen molar-refractivity contribution in [3.05, 3.63) is 93.1 Å². The number of aryl methyl sites for hydroxylation is 1. The Hall–Kier alpha value is -4.46. The first-order chi connectivity index (χ1) is 16.0. The first-order valence-electron chi connectivity index (χ1n) is 10.6. The summed E-state index contributed by atoms with van der Waals surface area (Å²) in [5, 5.41) is 3.21. The number of hydrogen-bond donors (Lipinski definition) is 2. The topological polar surface area (TPSA) is 102 Å². The normalized spacial score (nSPS) is 11.2. The van der Waals surface area contributed by atoms with Crippen LogP contribution in [0, 0.1) is 0 Å². The molecule has 164 valence electrons. The van der Waals surface area contributed by atoms with Gasteiger partial charge in [-0.2, -0.15) is 0 Å². The number of anilines is 1. The minimum Gasteiger partial charge on any atom is -0.327 e. The highest BCUT2D eigenvalue weighted by Gasteiger charge is 2.12. The Morgan fingerprint density at radius 2 is 1.79 bits per heavy atom. The van der Waals surface area contributed by atoms with E-state index in [4.69, 9.17) is 4.98 Å². The molecule has 5 aromatic rings. The van der Waals surface area contributed by atoms with Crippen LogP contribution < -0.4 is 16.6 Å². The molecule has 0 aliphatic heterocycles. The third-order valence-electron chi connectivity index (χ3n) is 5.75. The third-order valence-corrected chi connectivity index (χ3v) is 5.75. The predicted octanol–water partition coefficient (Wildman–Crippen LogP) is 3.52. The van der Waals surface area contributed by atoms with Gasteiger partial charge in [0, 0.05) is 30.4 Å². The first kappa shape index (κ1) is 20.4. The molecule has 0 fully saturated rings. The highest BCUT2D eigenvalue weighted by Crippen LogP contribution is 2.25. The van der Waals surface area contributed by atoms with Crippen molar-refractivity contribution >= 4 is 33.5 Å². The molecule has 8 heteroatoms. The molecule has 0 aliphatic carbocycles. The zero-order chi connectivity index (χ0) is 23.1. The Morgan fingerprint density at radius 1 is 1.03 bits per heavy atom. The van der Waals surface area contributed by atoms with E-state index < -0.39 is 5.69 Å². The molecule has 2 N–H and O–H groups in total. The van der Waals surface area contributed by atoms with E-state index >= 15 is 0 Å². The fourth-order valence-corrected chi connectivity index (χ4v) is 3.99. The molecule has 0 aliphatic rings. The monoisotopic (exact) mass is 439 g/mol. The van der Waals surface area contributed by atoms with Gasteiger partial charge in [0.05, 0.1) is 21.9 Å². The van der Waals surface area contributed by atoms with E-state index in [1.54, 1.807) is 19.1 Å². The molecule has 2 heterocycles. The van der Waals surface area contributed by atoms with E-state index in [2.05, 4.69) is 10.3 Å². The number of amides is 1. The molecule has 0 bridgehead atoms. The molecule has 1 amide bonds. The van der Waals surface area contributed by atoms with Crippen LogP contribution >= 0.6 is 0 Å². The average Bonchev–Trinajstić information content (AvgIpc) is 3.16. The molecule has 0 saturated heterocycles. The summed E-state index contributed by atoms with van der Waals surface area (Å²) >= 11 is 0. The fourth-order valence-electron chi connectivity index (χ4n) is 3.99. The number of nitrogens with one attached hydrogen (secondary N) is 2. The number of benzene rings is 3. The second-order valence-corrected chi connectivity index (χ2v) is 7.75. The standard InChI is InChI=1S/C25H21N5O3/c1-3-30-24(32)18-13-10-16(14-20(18)28-25(30)33)23(31)26-17-11-8-15(9-12-17)22-27-19-6-4-5-7-21(19)29(22)2/h4-14H,3H2,1-2H3,(H,26,31)(H,28,33). The number of carbonyl (C=O) groups excluding carboxylic acids is 1. The van der Waals surface area contributed by atoms with Gasteiger partial charge in [-0.05, 0) is 61.5 Å². The maximum Gasteiger partial charge on any atom is 0.328 e. The number of imidazole rings is 1. The minimum absolute atomic E-state index is 0.274. The van der Waals surface area contributed by atoms with E-state index in [0.29, 0.717) is 22.2 Å². The molecule has 5 rings (SSSR count). The van der Waals surface area contributed by atoms with Crippen molar-refractivity contribution in [1.82, 2.24) is 19.1 Å². The molecule has 2 aromatic heterocycles. The van der Waals surface area contributed by atoms with Crippen molar-refractivity contribution in [3.8, 4) is 11.4 Å². The van der Waals surface area contributed by atoms with Crippen LogP contribution in [-0.4, -0.2) is 25.0 Å². The molecule has 3 aromatic carbocycles. The molecule has 8 nitrogen and oxygen atoms in total. The Bertz CT molecular complexity index is 1640. The number of para-hydroxylation sites is 2. The van der Waals surface area contributed by atoms with E-state index in [0.717, 1.165) is 27.0 Å². The van der Waals surface area contributed by atoms with E-state index in [9.17, 15) is 14.4 Å². The zero-order valence-electron chi connectivity index (χ0n) is 18.1. The van der Waals surface area contributed by atoms with Gasteiger partial charge in [0.15, 0.2) is 0 Å². The van der Waals surface area contributed by atoms with Gasteiger partial charge < -0.3 is 14.9 Å². The number of H-pyrrole nitrogens is 1. The van der Waals surface area contributed by atoms with E-state index in [-0.39, 0.29) is 18.0 Å². The minimum atomic E-state index is -0.495. The SMILES string of the molecule is CCn1c(=O)[nH]c2cc(C(=O)Nc3ccc(-c4nc5ccccc5n4C)cc3)ccc2c1=O. The second kappa shape index (κ2) is 7.90. The summed E-state index contributed by atoms with van der Waals surface area (Å²) in [7, 11) is 1.97. The van der Waals surface area contributed by atoms with E-state index in [1.807, 2.05) is 60.1 Å². The van der Waals surface area contributed by atoms with Gasteiger partial charge in [0.25, 0.3) is 11.5 Å². The van der Waals surface area contributed by atoms with Gasteiger partial charge in [0.2, 0.25) is 0 Å². The molecule has 0 atom stereocenters. The molecular weight excluding hydrogens is 418 g/mol. The van der Waals surface area contributed by atoms with Gasteiger partial charge in [-0.15, -0.1) is 0 Å². The highest BCUT2D eigenvalue weighted by atomic mass is 16.2. The average molecular weight is 439 g/mol. The number of rotatable bonds is 4. The van der Waals surface area contributed by atoms with Crippen LogP contribution in [0.25, 0.3) is 33.3 Å². The molecule has 0 saturated carbocycles. The number of nitrogens with zero attached hydrogens (tertiary/aromatic N) is 3. The lowest BCUT2D eigenvalue weighted by atomic mass is 10.1. The smallest absolute Gasteiger partial charge is 0.327 e. The van der Waals surface area contributed by atoms with Gasteiger partial charge in [0.1, 0.15) is 5.82 Å². The Labute approximate surface area is 188 Å². The van der Waals surface area contributed by atoms with Crippen molar-refractivity contribution in [1.29, 1.82) is 0 Å². The summed E-state index contributed by atoms with van der Waals surface area (Å²) < 4.78 is 3.15. The Kier molecular flexibility index (Phi) is 4.90.